The molecule has 5 heteroatoms. The van der Waals surface area contributed by atoms with E-state index in [-0.39, 0.29) is 0 Å². The number of hydrogen-bond acceptors (Lipinski definition) is 5. The van der Waals surface area contributed by atoms with E-state index in [0.717, 1.165) is 39.5 Å². The van der Waals surface area contributed by atoms with E-state index in [1.54, 1.807) is 0 Å². The molecule has 1 aromatic heterocycles. The van der Waals surface area contributed by atoms with E-state index in [4.69, 9.17) is 9.47 Å². The third-order valence-corrected chi connectivity index (χ3v) is 5.99. The minimum absolute atomic E-state index is 0.365. The first-order valence-corrected chi connectivity index (χ1v) is 9.58. The molecule has 1 aliphatic heterocycles. The van der Waals surface area contributed by atoms with Crippen LogP contribution in [0.3, 0.4) is 0 Å². The van der Waals surface area contributed by atoms with Crippen LogP contribution < -0.4 is 0 Å². The zero-order valence-corrected chi connectivity index (χ0v) is 15.5. The van der Waals surface area contributed by atoms with Gasteiger partial charge in [0.1, 0.15) is 0 Å². The minimum atomic E-state index is 0.365. The molecule has 1 aromatic rings. The molecule has 1 saturated carbocycles. The number of likely N-dealkylation sites (N-methyl/N-ethyl adjacent to an activating group) is 1. The number of hydrogen-bond donors (Lipinski definition) is 0. The number of nitrogens with zero attached hydrogens (tertiary/aromatic N) is 2. The number of morpholine rings is 1. The number of fused-ring (bicyclic) bond motifs is 1. The second-order valence-electron chi connectivity index (χ2n) is 7.10. The van der Waals surface area contributed by atoms with Gasteiger partial charge in [-0.3, -0.25) is 4.90 Å². The van der Waals surface area contributed by atoms with Gasteiger partial charge in [0.25, 0.3) is 0 Å². The van der Waals surface area contributed by atoms with E-state index in [9.17, 15) is 0 Å². The van der Waals surface area contributed by atoms with Gasteiger partial charge in [0.2, 0.25) is 0 Å². The van der Waals surface area contributed by atoms with Gasteiger partial charge in [-0.25, -0.2) is 0 Å². The summed E-state index contributed by atoms with van der Waals surface area (Å²) in [6.07, 6.45) is 2.85. The lowest BCUT2D eigenvalue weighted by molar-refractivity contribution is -0.0881. The number of aryl methyl sites for hydroxylation is 1. The lowest BCUT2D eigenvalue weighted by atomic mass is 10.0. The SMILES string of the molecule is Cc1ccc(CN2CCOC3C(COCCN(C)C)CCC32)s1. The average molecular weight is 339 g/mol. The summed E-state index contributed by atoms with van der Waals surface area (Å²) >= 11 is 1.92. The van der Waals surface area contributed by atoms with Crippen LogP contribution in [0.4, 0.5) is 0 Å². The molecule has 3 rings (SSSR count). The second kappa shape index (κ2) is 8.08. The van der Waals surface area contributed by atoms with Crippen molar-refractivity contribution in [3.05, 3.63) is 21.9 Å². The Bertz CT molecular complexity index is 491. The predicted molar refractivity (Wildman–Crippen MR) is 95.1 cm³/mol. The van der Waals surface area contributed by atoms with E-state index >= 15 is 0 Å². The molecular formula is C18H30N2O2S. The third-order valence-electron chi connectivity index (χ3n) is 5.00. The summed E-state index contributed by atoms with van der Waals surface area (Å²) in [6.45, 7) is 7.85. The Labute approximate surface area is 144 Å². The van der Waals surface area contributed by atoms with Gasteiger partial charge in [0, 0.05) is 41.3 Å². The Balaban J connectivity index is 1.51. The van der Waals surface area contributed by atoms with Gasteiger partial charge in [0.05, 0.1) is 25.9 Å². The van der Waals surface area contributed by atoms with Crippen LogP contribution in [0.25, 0.3) is 0 Å². The molecule has 3 atom stereocenters. The predicted octanol–water partition coefficient (Wildman–Crippen LogP) is 2.61. The molecule has 3 unspecified atom stereocenters. The van der Waals surface area contributed by atoms with Crippen molar-refractivity contribution in [3.8, 4) is 0 Å². The molecular weight excluding hydrogens is 308 g/mol. The molecule has 130 valence electrons. The summed E-state index contributed by atoms with van der Waals surface area (Å²) in [4.78, 5) is 7.69. The molecule has 0 amide bonds. The monoisotopic (exact) mass is 338 g/mol. The van der Waals surface area contributed by atoms with E-state index in [1.165, 1.54) is 22.6 Å². The van der Waals surface area contributed by atoms with Crippen LogP contribution in [-0.4, -0.2) is 69.0 Å². The normalized spacial score (nSPS) is 28.4. The molecule has 0 aromatic carbocycles. The highest BCUT2D eigenvalue weighted by Crippen LogP contribution is 2.36. The fourth-order valence-corrected chi connectivity index (χ4v) is 4.68. The van der Waals surface area contributed by atoms with Gasteiger partial charge < -0.3 is 14.4 Å². The smallest absolute Gasteiger partial charge is 0.0781 e. The molecule has 2 fully saturated rings. The van der Waals surface area contributed by atoms with Crippen LogP contribution in [0.15, 0.2) is 12.1 Å². The van der Waals surface area contributed by atoms with Crippen molar-refractivity contribution >= 4 is 11.3 Å². The van der Waals surface area contributed by atoms with Crippen molar-refractivity contribution in [1.29, 1.82) is 0 Å². The first kappa shape index (κ1) is 17.4. The second-order valence-corrected chi connectivity index (χ2v) is 8.47. The average Bonchev–Trinajstić information content (AvgIpc) is 3.11. The fourth-order valence-electron chi connectivity index (χ4n) is 3.76. The summed E-state index contributed by atoms with van der Waals surface area (Å²) in [6, 6.07) is 5.09. The van der Waals surface area contributed by atoms with E-state index in [1.807, 2.05) is 11.3 Å². The third kappa shape index (κ3) is 4.54. The maximum Gasteiger partial charge on any atom is 0.0781 e. The summed E-state index contributed by atoms with van der Waals surface area (Å²) in [5.74, 6) is 0.565. The van der Waals surface area contributed by atoms with Crippen LogP contribution in [0.2, 0.25) is 0 Å². The van der Waals surface area contributed by atoms with Crippen LogP contribution >= 0.6 is 11.3 Å². The Hall–Kier alpha value is -0.460. The molecule has 1 saturated heterocycles. The van der Waals surface area contributed by atoms with Crippen LogP contribution in [0.5, 0.6) is 0 Å². The van der Waals surface area contributed by atoms with Crippen molar-refractivity contribution in [1.82, 2.24) is 9.80 Å². The summed E-state index contributed by atoms with van der Waals surface area (Å²) < 4.78 is 12.0. The van der Waals surface area contributed by atoms with Crippen LogP contribution in [-0.2, 0) is 16.0 Å². The molecule has 0 spiro atoms. The van der Waals surface area contributed by atoms with Gasteiger partial charge in [-0.15, -0.1) is 11.3 Å². The summed E-state index contributed by atoms with van der Waals surface area (Å²) in [5, 5.41) is 0. The van der Waals surface area contributed by atoms with E-state index in [2.05, 4.69) is 43.0 Å². The molecule has 23 heavy (non-hydrogen) atoms. The zero-order chi connectivity index (χ0) is 16.2. The molecule has 0 N–H and O–H groups in total. The Morgan fingerprint density at radius 2 is 2.22 bits per heavy atom. The molecule has 0 bridgehead atoms. The van der Waals surface area contributed by atoms with Gasteiger partial charge in [-0.1, -0.05) is 0 Å². The number of thiophene rings is 1. The maximum atomic E-state index is 6.14. The van der Waals surface area contributed by atoms with Gasteiger partial charge in [-0.2, -0.15) is 0 Å². The molecule has 2 heterocycles. The number of ether oxygens (including phenoxy) is 2. The van der Waals surface area contributed by atoms with Crippen molar-refractivity contribution in [2.24, 2.45) is 5.92 Å². The molecule has 0 radical (unpaired) electrons. The lowest BCUT2D eigenvalue weighted by Gasteiger charge is -2.39. The highest BCUT2D eigenvalue weighted by atomic mass is 32.1. The molecule has 4 nitrogen and oxygen atoms in total. The molecule has 1 aliphatic carbocycles. The maximum absolute atomic E-state index is 6.14. The van der Waals surface area contributed by atoms with Gasteiger partial charge >= 0.3 is 0 Å². The van der Waals surface area contributed by atoms with Gasteiger partial charge in [-0.05, 0) is 46.0 Å². The fraction of sp³-hybridized carbons (Fsp3) is 0.778. The lowest BCUT2D eigenvalue weighted by Crippen LogP contribution is -2.50. The largest absolute Gasteiger partial charge is 0.380 e. The van der Waals surface area contributed by atoms with Crippen LogP contribution in [0, 0.1) is 12.8 Å². The Kier molecular flexibility index (Phi) is 6.10. The standard InChI is InChI=1S/C18H30N2O2S/c1-14-4-6-16(23-14)12-20-9-11-22-18-15(5-7-17(18)20)13-21-10-8-19(2)3/h4,6,15,17-18H,5,7-13H2,1-3H3. The zero-order valence-electron chi connectivity index (χ0n) is 14.7. The first-order valence-electron chi connectivity index (χ1n) is 8.77. The Morgan fingerprint density at radius 3 is 2.96 bits per heavy atom. The highest BCUT2D eigenvalue weighted by Gasteiger charge is 2.42. The topological polar surface area (TPSA) is 24.9 Å². The quantitative estimate of drug-likeness (QED) is 0.714. The molecule has 2 aliphatic rings. The van der Waals surface area contributed by atoms with Crippen molar-refractivity contribution in [2.75, 3.05) is 47.0 Å². The summed E-state index contributed by atoms with van der Waals surface area (Å²) in [5.41, 5.74) is 0. The van der Waals surface area contributed by atoms with Crippen molar-refractivity contribution in [3.63, 3.8) is 0 Å². The summed E-state index contributed by atoms with van der Waals surface area (Å²) in [7, 11) is 4.17. The minimum Gasteiger partial charge on any atom is -0.380 e. The van der Waals surface area contributed by atoms with Crippen molar-refractivity contribution in [2.45, 2.75) is 38.5 Å². The van der Waals surface area contributed by atoms with E-state index < -0.39 is 0 Å². The number of rotatable bonds is 7. The Morgan fingerprint density at radius 1 is 1.35 bits per heavy atom. The van der Waals surface area contributed by atoms with Crippen molar-refractivity contribution < 1.29 is 9.47 Å². The van der Waals surface area contributed by atoms with Gasteiger partial charge in [0.15, 0.2) is 0 Å². The highest BCUT2D eigenvalue weighted by molar-refractivity contribution is 7.11. The van der Waals surface area contributed by atoms with Crippen LogP contribution in [0.1, 0.15) is 22.6 Å². The van der Waals surface area contributed by atoms with E-state index in [0.29, 0.717) is 18.1 Å². The first-order chi connectivity index (χ1) is 11.1.